The van der Waals surface area contributed by atoms with Crippen LogP contribution in [0.25, 0.3) is 5.69 Å². The summed E-state index contributed by atoms with van der Waals surface area (Å²) in [5.41, 5.74) is -0.767. The number of nitrogens with one attached hydrogen (secondary N) is 1. The predicted octanol–water partition coefficient (Wildman–Crippen LogP) is 4.14. The number of rotatable bonds is 12. The number of carboxylic acid groups (broad SMARTS) is 1. The van der Waals surface area contributed by atoms with Crippen molar-refractivity contribution in [3.8, 4) is 17.3 Å². The summed E-state index contributed by atoms with van der Waals surface area (Å²) in [6, 6.07) is 13.1. The van der Waals surface area contributed by atoms with Crippen LogP contribution in [0.5, 0.6) is 11.6 Å². The summed E-state index contributed by atoms with van der Waals surface area (Å²) in [7, 11) is 0. The highest BCUT2D eigenvalue weighted by atomic mass is 19.1. The molecular weight excluding hydrogens is 481 g/mol. The maximum absolute atomic E-state index is 14.6. The van der Waals surface area contributed by atoms with E-state index in [1.165, 1.54) is 24.3 Å². The molecule has 3 rings (SSSR count). The lowest BCUT2D eigenvalue weighted by atomic mass is 9.94. The van der Waals surface area contributed by atoms with Crippen molar-refractivity contribution in [1.82, 2.24) is 15.1 Å². The van der Waals surface area contributed by atoms with Gasteiger partial charge in [-0.05, 0) is 38.0 Å². The first-order valence-electron chi connectivity index (χ1n) is 12.0. The molecule has 0 aliphatic carbocycles. The van der Waals surface area contributed by atoms with Crippen LogP contribution >= 0.6 is 0 Å². The summed E-state index contributed by atoms with van der Waals surface area (Å²) in [5.74, 6) is -2.04. The summed E-state index contributed by atoms with van der Waals surface area (Å²) >= 11 is 0. The van der Waals surface area contributed by atoms with Gasteiger partial charge in [0.1, 0.15) is 23.9 Å². The highest BCUT2D eigenvalue weighted by Gasteiger charge is 2.29. The first-order chi connectivity index (χ1) is 17.5. The highest BCUT2D eigenvalue weighted by molar-refractivity contribution is 5.93. The van der Waals surface area contributed by atoms with Crippen molar-refractivity contribution in [2.45, 2.75) is 45.8 Å². The number of aromatic nitrogens is 2. The number of hydrogen-bond donors (Lipinski definition) is 3. The molecule has 37 heavy (non-hydrogen) atoms. The first-order valence-corrected chi connectivity index (χ1v) is 12.0. The molecule has 0 aliphatic rings. The van der Waals surface area contributed by atoms with Crippen molar-refractivity contribution in [3.05, 3.63) is 71.7 Å². The zero-order valence-electron chi connectivity index (χ0n) is 21.3. The van der Waals surface area contributed by atoms with Crippen LogP contribution in [0.1, 0.15) is 56.2 Å². The standard InChI is InChI=1S/C27H32FN3O6/c1-5-36-23-13-9-6-10-18(23)20(15-25(32)33)29-26(34)21-14-24(37-16-27(4,35)17(2)3)31(30-21)22-12-8-7-11-19(22)28/h6-14,17,20,35H,5,15-16H2,1-4H3,(H,29,34)(H,32,33)/t20-,27?/m0/s1. The van der Waals surface area contributed by atoms with Crippen LogP contribution in [0, 0.1) is 11.7 Å². The lowest BCUT2D eigenvalue weighted by Gasteiger charge is -2.27. The maximum Gasteiger partial charge on any atom is 0.305 e. The molecule has 0 bridgehead atoms. The summed E-state index contributed by atoms with van der Waals surface area (Å²) in [5, 5.41) is 27.0. The van der Waals surface area contributed by atoms with Crippen LogP contribution in [0.3, 0.4) is 0 Å². The average molecular weight is 514 g/mol. The minimum atomic E-state index is -1.19. The molecule has 0 radical (unpaired) electrons. The number of benzene rings is 2. The Hall–Kier alpha value is -3.92. The van der Waals surface area contributed by atoms with Crippen molar-refractivity contribution >= 4 is 11.9 Å². The van der Waals surface area contributed by atoms with Gasteiger partial charge in [0.25, 0.3) is 5.91 Å². The summed E-state index contributed by atoms with van der Waals surface area (Å²) in [6.45, 7) is 7.31. The monoisotopic (exact) mass is 513 g/mol. The number of amides is 1. The van der Waals surface area contributed by atoms with Crippen LogP contribution < -0.4 is 14.8 Å². The second kappa shape index (κ2) is 11.9. The lowest BCUT2D eigenvalue weighted by molar-refractivity contribution is -0.137. The molecule has 1 unspecified atom stereocenters. The molecule has 1 amide bonds. The van der Waals surface area contributed by atoms with E-state index in [0.717, 1.165) is 4.68 Å². The number of aliphatic hydroxyl groups is 1. The Labute approximate surface area is 214 Å². The number of carbonyl (C=O) groups excluding carboxylic acids is 1. The van der Waals surface area contributed by atoms with Crippen LogP contribution in [0.15, 0.2) is 54.6 Å². The fourth-order valence-corrected chi connectivity index (χ4v) is 3.46. The van der Waals surface area contributed by atoms with E-state index in [-0.39, 0.29) is 29.8 Å². The van der Waals surface area contributed by atoms with Gasteiger partial charge < -0.3 is 25.0 Å². The molecule has 3 N–H and O–H groups in total. The minimum Gasteiger partial charge on any atom is -0.494 e. The second-order valence-corrected chi connectivity index (χ2v) is 9.13. The largest absolute Gasteiger partial charge is 0.494 e. The van der Waals surface area contributed by atoms with E-state index in [0.29, 0.717) is 17.9 Å². The molecular formula is C27H32FN3O6. The number of nitrogens with zero attached hydrogens (tertiary/aromatic N) is 2. The molecule has 198 valence electrons. The number of carboxylic acids is 1. The van der Waals surface area contributed by atoms with Gasteiger partial charge in [0, 0.05) is 11.6 Å². The molecule has 1 heterocycles. The topological polar surface area (TPSA) is 123 Å². The number of halogens is 1. The van der Waals surface area contributed by atoms with Crippen molar-refractivity contribution < 1.29 is 33.7 Å². The average Bonchev–Trinajstić information content (AvgIpc) is 3.27. The number of aliphatic carboxylic acids is 1. The fourth-order valence-electron chi connectivity index (χ4n) is 3.46. The third-order valence-corrected chi connectivity index (χ3v) is 6.02. The number of hydrogen-bond acceptors (Lipinski definition) is 6. The Balaban J connectivity index is 1.97. The van der Waals surface area contributed by atoms with Gasteiger partial charge in [0.05, 0.1) is 24.7 Å². The van der Waals surface area contributed by atoms with Crippen LogP contribution in [0.4, 0.5) is 4.39 Å². The Morgan fingerprint density at radius 2 is 1.81 bits per heavy atom. The molecule has 0 saturated carbocycles. The molecule has 1 aromatic heterocycles. The first kappa shape index (κ1) is 27.7. The number of carbonyl (C=O) groups is 2. The number of ether oxygens (including phenoxy) is 2. The van der Waals surface area contributed by atoms with E-state index < -0.39 is 35.8 Å². The van der Waals surface area contributed by atoms with Gasteiger partial charge in [-0.25, -0.2) is 4.39 Å². The molecule has 0 saturated heterocycles. The summed E-state index contributed by atoms with van der Waals surface area (Å²) in [4.78, 5) is 24.8. The SMILES string of the molecule is CCOc1ccccc1[C@H](CC(=O)O)NC(=O)c1cc(OCC(C)(O)C(C)C)n(-c2ccccc2F)n1. The zero-order chi connectivity index (χ0) is 27.2. The molecule has 0 fully saturated rings. The van der Waals surface area contributed by atoms with Crippen LogP contribution in [0.2, 0.25) is 0 Å². The number of para-hydroxylation sites is 2. The lowest BCUT2D eigenvalue weighted by Crippen LogP contribution is -2.38. The van der Waals surface area contributed by atoms with E-state index in [2.05, 4.69) is 10.4 Å². The Morgan fingerprint density at radius 1 is 1.14 bits per heavy atom. The Kier molecular flexibility index (Phi) is 8.88. The third kappa shape index (κ3) is 6.85. The molecule has 10 heteroatoms. The van der Waals surface area contributed by atoms with Gasteiger partial charge >= 0.3 is 5.97 Å². The van der Waals surface area contributed by atoms with Gasteiger partial charge in [-0.2, -0.15) is 9.78 Å². The Bertz CT molecular complexity index is 1240. The van der Waals surface area contributed by atoms with Gasteiger partial charge in [-0.15, -0.1) is 0 Å². The normalized spacial score (nSPS) is 13.6. The summed E-state index contributed by atoms with van der Waals surface area (Å²) < 4.78 is 27.2. The van der Waals surface area contributed by atoms with Crippen molar-refractivity contribution in [3.63, 3.8) is 0 Å². The van der Waals surface area contributed by atoms with Gasteiger partial charge in [-0.3, -0.25) is 9.59 Å². The Morgan fingerprint density at radius 3 is 2.46 bits per heavy atom. The maximum atomic E-state index is 14.6. The van der Waals surface area contributed by atoms with E-state index >= 15 is 0 Å². The third-order valence-electron chi connectivity index (χ3n) is 6.02. The molecule has 0 spiro atoms. The predicted molar refractivity (Wildman–Crippen MR) is 135 cm³/mol. The molecule has 0 aliphatic heterocycles. The van der Waals surface area contributed by atoms with Gasteiger partial charge in [0.2, 0.25) is 5.88 Å². The van der Waals surface area contributed by atoms with Gasteiger partial charge in [-0.1, -0.05) is 44.2 Å². The zero-order valence-corrected chi connectivity index (χ0v) is 21.3. The molecule has 3 aromatic rings. The highest BCUT2D eigenvalue weighted by Crippen LogP contribution is 2.29. The van der Waals surface area contributed by atoms with Gasteiger partial charge in [0.15, 0.2) is 5.69 Å². The second-order valence-electron chi connectivity index (χ2n) is 9.13. The van der Waals surface area contributed by atoms with Crippen molar-refractivity contribution in [2.24, 2.45) is 5.92 Å². The molecule has 9 nitrogen and oxygen atoms in total. The van der Waals surface area contributed by atoms with Crippen LogP contribution in [-0.4, -0.2) is 50.7 Å². The summed E-state index contributed by atoms with van der Waals surface area (Å²) in [6.07, 6.45) is -0.398. The quantitative estimate of drug-likeness (QED) is 0.333. The van der Waals surface area contributed by atoms with Crippen molar-refractivity contribution in [1.29, 1.82) is 0 Å². The molecule has 2 aromatic carbocycles. The van der Waals surface area contributed by atoms with E-state index in [1.807, 2.05) is 13.8 Å². The van der Waals surface area contributed by atoms with Crippen LogP contribution in [-0.2, 0) is 4.79 Å². The van der Waals surface area contributed by atoms with E-state index in [1.54, 1.807) is 44.2 Å². The van der Waals surface area contributed by atoms with E-state index in [9.17, 15) is 24.2 Å². The van der Waals surface area contributed by atoms with Crippen molar-refractivity contribution in [2.75, 3.05) is 13.2 Å². The fraction of sp³-hybridized carbons (Fsp3) is 0.370. The molecule has 2 atom stereocenters. The van der Waals surface area contributed by atoms with E-state index in [4.69, 9.17) is 9.47 Å². The smallest absolute Gasteiger partial charge is 0.305 e. The minimum absolute atomic E-state index is 0.0423.